The van der Waals surface area contributed by atoms with Gasteiger partial charge in [-0.05, 0) is 92.3 Å². The Morgan fingerprint density at radius 2 is 0.647 bits per heavy atom. The molecule has 0 atom stereocenters. The average molecular weight is 466 g/mol. The van der Waals surface area contributed by atoms with Crippen molar-refractivity contribution < 1.29 is 26.3 Å². The van der Waals surface area contributed by atoms with Gasteiger partial charge in [-0.15, -0.1) is 0 Å². The number of alkyl halides is 6. The van der Waals surface area contributed by atoms with Crippen LogP contribution in [0, 0.1) is 0 Å². The van der Waals surface area contributed by atoms with Gasteiger partial charge in [0.25, 0.3) is 0 Å². The van der Waals surface area contributed by atoms with E-state index in [9.17, 15) is 26.3 Å². The molecule has 170 valence electrons. The third-order valence-electron chi connectivity index (χ3n) is 5.89. The Morgan fingerprint density at radius 1 is 0.324 bits per heavy atom. The van der Waals surface area contributed by atoms with Gasteiger partial charge in [-0.25, -0.2) is 0 Å². The van der Waals surface area contributed by atoms with Crippen LogP contribution in [0.1, 0.15) is 11.1 Å². The maximum atomic E-state index is 12.8. The fraction of sp³-hybridized carbons (Fsp3) is 0.0714. The molecule has 0 heterocycles. The Labute approximate surface area is 191 Å². The van der Waals surface area contributed by atoms with Gasteiger partial charge in [-0.1, -0.05) is 48.5 Å². The van der Waals surface area contributed by atoms with Gasteiger partial charge in [0.1, 0.15) is 0 Å². The second-order valence-electron chi connectivity index (χ2n) is 8.13. The molecule has 0 saturated heterocycles. The van der Waals surface area contributed by atoms with Crippen LogP contribution in [0.3, 0.4) is 0 Å². The smallest absolute Gasteiger partial charge is 0.166 e. The molecule has 34 heavy (non-hydrogen) atoms. The number of hydrogen-bond donors (Lipinski definition) is 0. The Morgan fingerprint density at radius 3 is 0.971 bits per heavy atom. The summed E-state index contributed by atoms with van der Waals surface area (Å²) in [5.74, 6) is 0. The van der Waals surface area contributed by atoms with Crippen LogP contribution in [0.4, 0.5) is 26.3 Å². The van der Waals surface area contributed by atoms with Gasteiger partial charge in [0, 0.05) is 0 Å². The quantitative estimate of drug-likeness (QED) is 0.180. The number of hydrogen-bond acceptors (Lipinski definition) is 0. The van der Waals surface area contributed by atoms with Crippen molar-refractivity contribution in [3.8, 4) is 22.3 Å². The van der Waals surface area contributed by atoms with Crippen LogP contribution in [0.2, 0.25) is 0 Å². The Balaban J connectivity index is 1.50. The normalized spacial score (nSPS) is 12.4. The van der Waals surface area contributed by atoms with E-state index in [-0.39, 0.29) is 0 Å². The van der Waals surface area contributed by atoms with Gasteiger partial charge in [0.05, 0.1) is 11.1 Å². The lowest BCUT2D eigenvalue weighted by atomic mass is 9.96. The molecule has 0 saturated carbocycles. The molecule has 0 aliphatic heterocycles. The summed E-state index contributed by atoms with van der Waals surface area (Å²) in [6.45, 7) is 0. The van der Waals surface area contributed by atoms with Crippen molar-refractivity contribution in [1.29, 1.82) is 0 Å². The Bertz CT molecular complexity index is 1370. The van der Waals surface area contributed by atoms with Gasteiger partial charge < -0.3 is 0 Å². The van der Waals surface area contributed by atoms with E-state index >= 15 is 0 Å². The van der Waals surface area contributed by atoms with Crippen LogP contribution < -0.4 is 0 Å². The molecule has 0 aliphatic rings. The molecule has 0 amide bonds. The molecule has 0 unspecified atom stereocenters. The second kappa shape index (κ2) is 7.90. The first-order valence-electron chi connectivity index (χ1n) is 10.4. The maximum Gasteiger partial charge on any atom is 0.416 e. The number of halogens is 6. The summed E-state index contributed by atoms with van der Waals surface area (Å²) in [5, 5.41) is 3.78. The van der Waals surface area contributed by atoms with Gasteiger partial charge in [-0.3, -0.25) is 0 Å². The molecule has 0 aliphatic carbocycles. The van der Waals surface area contributed by atoms with Crippen molar-refractivity contribution in [3.63, 3.8) is 0 Å². The van der Waals surface area contributed by atoms with Gasteiger partial charge in [-0.2, -0.15) is 26.3 Å². The lowest BCUT2D eigenvalue weighted by Crippen LogP contribution is -2.03. The first kappa shape index (κ1) is 22.0. The minimum Gasteiger partial charge on any atom is -0.166 e. The highest BCUT2D eigenvalue weighted by Crippen LogP contribution is 2.34. The van der Waals surface area contributed by atoms with Gasteiger partial charge in [0.2, 0.25) is 0 Å². The molecule has 0 nitrogen and oxygen atoms in total. The Hall–Kier alpha value is -3.80. The van der Waals surface area contributed by atoms with E-state index in [4.69, 9.17) is 0 Å². The fourth-order valence-electron chi connectivity index (χ4n) is 4.06. The molecule has 5 aromatic carbocycles. The largest absolute Gasteiger partial charge is 0.416 e. The maximum absolute atomic E-state index is 12.8. The highest BCUT2D eigenvalue weighted by molar-refractivity contribution is 6.01. The second-order valence-corrected chi connectivity index (χ2v) is 8.13. The van der Waals surface area contributed by atoms with Crippen molar-refractivity contribution in [2.24, 2.45) is 0 Å². The average Bonchev–Trinajstić information content (AvgIpc) is 2.81. The molecular formula is C28H16F6. The van der Waals surface area contributed by atoms with Crippen LogP contribution in [-0.2, 0) is 12.4 Å². The highest BCUT2D eigenvalue weighted by Gasteiger charge is 2.30. The van der Waals surface area contributed by atoms with Crippen LogP contribution in [0.15, 0.2) is 97.1 Å². The van der Waals surface area contributed by atoms with Crippen molar-refractivity contribution in [1.82, 2.24) is 0 Å². The fourth-order valence-corrected chi connectivity index (χ4v) is 4.06. The van der Waals surface area contributed by atoms with Crippen LogP contribution in [0.25, 0.3) is 43.8 Å². The lowest BCUT2D eigenvalue weighted by Gasteiger charge is -2.10. The first-order chi connectivity index (χ1) is 16.1. The third-order valence-corrected chi connectivity index (χ3v) is 5.89. The predicted molar refractivity (Wildman–Crippen MR) is 122 cm³/mol. The number of benzene rings is 5. The zero-order valence-corrected chi connectivity index (χ0v) is 17.5. The molecule has 5 aromatic rings. The molecule has 0 N–H and O–H groups in total. The number of fused-ring (bicyclic) bond motifs is 2. The van der Waals surface area contributed by atoms with Crippen LogP contribution in [-0.4, -0.2) is 0 Å². The molecule has 5 rings (SSSR count). The van der Waals surface area contributed by atoms with Crippen molar-refractivity contribution in [2.45, 2.75) is 12.4 Å². The van der Waals surface area contributed by atoms with Crippen LogP contribution >= 0.6 is 0 Å². The van der Waals surface area contributed by atoms with Crippen LogP contribution in [0.5, 0.6) is 0 Å². The van der Waals surface area contributed by atoms with Gasteiger partial charge in [0.15, 0.2) is 0 Å². The highest BCUT2D eigenvalue weighted by atomic mass is 19.4. The van der Waals surface area contributed by atoms with E-state index in [2.05, 4.69) is 0 Å². The lowest BCUT2D eigenvalue weighted by molar-refractivity contribution is -0.138. The summed E-state index contributed by atoms with van der Waals surface area (Å²) in [4.78, 5) is 0. The molecule has 0 fully saturated rings. The van der Waals surface area contributed by atoms with Crippen molar-refractivity contribution in [2.75, 3.05) is 0 Å². The summed E-state index contributed by atoms with van der Waals surface area (Å²) in [6.07, 6.45) is -8.75. The number of rotatable bonds is 2. The van der Waals surface area contributed by atoms with E-state index in [0.29, 0.717) is 11.1 Å². The molecule has 6 heteroatoms. The topological polar surface area (TPSA) is 0 Å². The van der Waals surface area contributed by atoms with Crippen molar-refractivity contribution >= 4 is 21.5 Å². The third kappa shape index (κ3) is 4.23. The van der Waals surface area contributed by atoms with E-state index in [1.54, 1.807) is 0 Å². The van der Waals surface area contributed by atoms with E-state index < -0.39 is 23.5 Å². The summed E-state index contributed by atoms with van der Waals surface area (Å²) in [7, 11) is 0. The molecule has 0 radical (unpaired) electrons. The van der Waals surface area contributed by atoms with E-state index in [1.807, 2.05) is 48.5 Å². The Kier molecular flexibility index (Phi) is 5.12. The monoisotopic (exact) mass is 466 g/mol. The van der Waals surface area contributed by atoms with E-state index in [0.717, 1.165) is 56.9 Å². The summed E-state index contributed by atoms with van der Waals surface area (Å²) < 4.78 is 77.0. The standard InChI is InChI=1S/C28H16F6/c29-27(30,31)25-9-5-17(6-10-25)19-1-3-21-15-24-14-20(2-4-22(24)16-23(21)13-19)18-7-11-26(12-8-18)28(32,33)34/h1-16H. The summed E-state index contributed by atoms with van der Waals surface area (Å²) >= 11 is 0. The minimum atomic E-state index is -4.37. The molecule has 0 aromatic heterocycles. The van der Waals surface area contributed by atoms with Gasteiger partial charge >= 0.3 is 12.4 Å². The molecule has 0 bridgehead atoms. The summed E-state index contributed by atoms with van der Waals surface area (Å²) in [5.41, 5.74) is 1.61. The molecular weight excluding hydrogens is 450 g/mol. The molecule has 0 spiro atoms. The first-order valence-corrected chi connectivity index (χ1v) is 10.4. The zero-order chi connectivity index (χ0) is 24.1. The minimum absolute atomic E-state index is 0.688. The summed E-state index contributed by atoms with van der Waals surface area (Å²) in [6, 6.07) is 25.5. The predicted octanol–water partition coefficient (Wildman–Crippen LogP) is 9.36. The SMILES string of the molecule is FC(F)(F)c1ccc(-c2ccc3cc4cc(-c5ccc(C(F)(F)F)cc5)ccc4cc3c2)cc1. The van der Waals surface area contributed by atoms with E-state index in [1.165, 1.54) is 24.3 Å². The zero-order valence-electron chi connectivity index (χ0n) is 17.5. The van der Waals surface area contributed by atoms with Crippen molar-refractivity contribution in [3.05, 3.63) is 108 Å².